The highest BCUT2D eigenvalue weighted by molar-refractivity contribution is 7.15. The minimum Gasteiger partial charge on any atom is -0.388 e. The third-order valence-electron chi connectivity index (χ3n) is 3.65. The summed E-state index contributed by atoms with van der Waals surface area (Å²) in [5.74, 6) is 0. The van der Waals surface area contributed by atoms with E-state index < -0.39 is 6.10 Å². The van der Waals surface area contributed by atoms with E-state index in [1.807, 2.05) is 0 Å². The van der Waals surface area contributed by atoms with E-state index in [0.29, 0.717) is 12.1 Å². The molecule has 0 radical (unpaired) electrons. The van der Waals surface area contributed by atoms with E-state index in [2.05, 4.69) is 9.88 Å². The Bertz CT molecular complexity index is 394. The quantitative estimate of drug-likeness (QED) is 0.876. The summed E-state index contributed by atoms with van der Waals surface area (Å²) < 4.78 is 5.79. The molecule has 0 spiro atoms. The summed E-state index contributed by atoms with van der Waals surface area (Å²) in [5, 5.41) is 10.6. The molecule has 1 aliphatic heterocycles. The van der Waals surface area contributed by atoms with Crippen LogP contribution in [0.4, 0.5) is 5.13 Å². The summed E-state index contributed by atoms with van der Waals surface area (Å²) in [6, 6.07) is 0.497. The van der Waals surface area contributed by atoms with Crippen LogP contribution < -0.4 is 4.90 Å². The van der Waals surface area contributed by atoms with Gasteiger partial charge < -0.3 is 14.7 Å². The molecule has 1 aromatic heterocycles. The summed E-state index contributed by atoms with van der Waals surface area (Å²) in [5.41, 5.74) is 0. The minimum absolute atomic E-state index is 0.391. The first-order chi connectivity index (χ1) is 8.25. The van der Waals surface area contributed by atoms with Gasteiger partial charge in [0.25, 0.3) is 0 Å². The Morgan fingerprint density at radius 3 is 3.24 bits per heavy atom. The molecule has 1 aliphatic carbocycles. The van der Waals surface area contributed by atoms with Gasteiger partial charge >= 0.3 is 0 Å². The maximum absolute atomic E-state index is 9.55. The SMILES string of the molecule is CC(O)c1cnc(N2CCOC3CCCC32)s1. The number of fused-ring (bicyclic) bond motifs is 1. The lowest BCUT2D eigenvalue weighted by atomic mass is 10.1. The molecule has 1 saturated carbocycles. The average molecular weight is 254 g/mol. The Balaban J connectivity index is 1.81. The molecule has 0 bridgehead atoms. The number of aliphatic hydroxyl groups is 1. The fraction of sp³-hybridized carbons (Fsp3) is 0.750. The van der Waals surface area contributed by atoms with Crippen LogP contribution in [0, 0.1) is 0 Å². The maximum atomic E-state index is 9.55. The van der Waals surface area contributed by atoms with Crippen molar-refractivity contribution < 1.29 is 9.84 Å². The number of thiazole rings is 1. The van der Waals surface area contributed by atoms with Crippen molar-refractivity contribution in [3.05, 3.63) is 11.1 Å². The Morgan fingerprint density at radius 1 is 1.59 bits per heavy atom. The van der Waals surface area contributed by atoms with E-state index in [4.69, 9.17) is 4.74 Å². The molecule has 4 nitrogen and oxygen atoms in total. The van der Waals surface area contributed by atoms with Crippen molar-refractivity contribution in [2.24, 2.45) is 0 Å². The highest BCUT2D eigenvalue weighted by Gasteiger charge is 2.37. The second-order valence-electron chi connectivity index (χ2n) is 4.82. The van der Waals surface area contributed by atoms with E-state index in [0.717, 1.165) is 23.2 Å². The highest BCUT2D eigenvalue weighted by atomic mass is 32.1. The summed E-state index contributed by atoms with van der Waals surface area (Å²) in [4.78, 5) is 7.77. The maximum Gasteiger partial charge on any atom is 0.186 e. The molecule has 3 rings (SSSR count). The second-order valence-corrected chi connectivity index (χ2v) is 5.86. The van der Waals surface area contributed by atoms with Crippen molar-refractivity contribution in [2.45, 2.75) is 44.4 Å². The lowest BCUT2D eigenvalue weighted by Crippen LogP contribution is -2.48. The van der Waals surface area contributed by atoms with Crippen LogP contribution in [-0.2, 0) is 4.74 Å². The highest BCUT2D eigenvalue weighted by Crippen LogP contribution is 2.35. The van der Waals surface area contributed by atoms with Crippen LogP contribution in [0.3, 0.4) is 0 Å². The minimum atomic E-state index is -0.415. The van der Waals surface area contributed by atoms with Gasteiger partial charge in [0, 0.05) is 12.7 Å². The van der Waals surface area contributed by atoms with Gasteiger partial charge in [-0.1, -0.05) is 11.3 Å². The summed E-state index contributed by atoms with van der Waals surface area (Å²) in [6.07, 6.45) is 5.40. The zero-order chi connectivity index (χ0) is 11.8. The summed E-state index contributed by atoms with van der Waals surface area (Å²) in [7, 11) is 0. The number of aromatic nitrogens is 1. The Morgan fingerprint density at radius 2 is 2.47 bits per heavy atom. The molecule has 1 aromatic rings. The van der Waals surface area contributed by atoms with Crippen LogP contribution in [-0.4, -0.2) is 35.4 Å². The lowest BCUT2D eigenvalue weighted by molar-refractivity contribution is 0.0256. The molecule has 3 atom stereocenters. The normalized spacial score (nSPS) is 30.4. The summed E-state index contributed by atoms with van der Waals surface area (Å²) >= 11 is 1.61. The van der Waals surface area contributed by atoms with Crippen molar-refractivity contribution in [1.29, 1.82) is 0 Å². The van der Waals surface area contributed by atoms with Crippen molar-refractivity contribution in [1.82, 2.24) is 4.98 Å². The monoisotopic (exact) mass is 254 g/mol. The number of aliphatic hydroxyl groups excluding tert-OH is 1. The standard InChI is InChI=1S/C12H18N2O2S/c1-8(15)11-7-13-12(17-11)14-5-6-16-10-4-2-3-9(10)14/h7-10,15H,2-6H2,1H3. The molecule has 1 N–H and O–H groups in total. The van der Waals surface area contributed by atoms with E-state index in [-0.39, 0.29) is 0 Å². The molecule has 2 fully saturated rings. The molecule has 0 aromatic carbocycles. The van der Waals surface area contributed by atoms with Crippen LogP contribution in [0.25, 0.3) is 0 Å². The molecular formula is C12H18N2O2S. The Kier molecular flexibility index (Phi) is 3.06. The molecule has 17 heavy (non-hydrogen) atoms. The van der Waals surface area contributed by atoms with Crippen LogP contribution in [0.5, 0.6) is 0 Å². The molecular weight excluding hydrogens is 236 g/mol. The van der Waals surface area contributed by atoms with Crippen molar-refractivity contribution in [3.8, 4) is 0 Å². The van der Waals surface area contributed by atoms with Gasteiger partial charge in [0.15, 0.2) is 5.13 Å². The summed E-state index contributed by atoms with van der Waals surface area (Å²) in [6.45, 7) is 3.51. The first kappa shape index (κ1) is 11.4. The third-order valence-corrected chi connectivity index (χ3v) is 4.86. The number of anilines is 1. The Hall–Kier alpha value is -0.650. The van der Waals surface area contributed by atoms with Crippen LogP contribution in [0.15, 0.2) is 6.20 Å². The van der Waals surface area contributed by atoms with Crippen LogP contribution in [0.1, 0.15) is 37.2 Å². The van der Waals surface area contributed by atoms with Gasteiger partial charge in [0.2, 0.25) is 0 Å². The van der Waals surface area contributed by atoms with Gasteiger partial charge in [-0.25, -0.2) is 4.98 Å². The molecule has 5 heteroatoms. The van der Waals surface area contributed by atoms with Crippen molar-refractivity contribution >= 4 is 16.5 Å². The predicted octanol–water partition coefficient (Wildman–Crippen LogP) is 1.95. The first-order valence-corrected chi connectivity index (χ1v) is 7.09. The number of nitrogens with zero attached hydrogens (tertiary/aromatic N) is 2. The molecule has 2 aliphatic rings. The lowest BCUT2D eigenvalue weighted by Gasteiger charge is -2.37. The fourth-order valence-electron chi connectivity index (χ4n) is 2.77. The third kappa shape index (κ3) is 2.07. The van der Waals surface area contributed by atoms with Gasteiger partial charge in [-0.2, -0.15) is 0 Å². The average Bonchev–Trinajstić information content (AvgIpc) is 2.97. The van der Waals surface area contributed by atoms with Gasteiger partial charge in [-0.3, -0.25) is 0 Å². The molecule has 1 saturated heterocycles. The van der Waals surface area contributed by atoms with E-state index in [9.17, 15) is 5.11 Å². The van der Waals surface area contributed by atoms with E-state index in [1.165, 1.54) is 19.3 Å². The molecule has 3 unspecified atom stereocenters. The topological polar surface area (TPSA) is 45.6 Å². The number of hydrogen-bond acceptors (Lipinski definition) is 5. The number of rotatable bonds is 2. The largest absolute Gasteiger partial charge is 0.388 e. The van der Waals surface area contributed by atoms with Gasteiger partial charge in [0.1, 0.15) is 0 Å². The number of ether oxygens (including phenoxy) is 1. The first-order valence-electron chi connectivity index (χ1n) is 6.28. The van der Waals surface area contributed by atoms with Gasteiger partial charge in [0.05, 0.1) is 29.7 Å². The van der Waals surface area contributed by atoms with Gasteiger partial charge in [-0.15, -0.1) is 0 Å². The number of morpholine rings is 1. The molecule has 94 valence electrons. The van der Waals surface area contributed by atoms with Crippen molar-refractivity contribution in [3.63, 3.8) is 0 Å². The van der Waals surface area contributed by atoms with E-state index in [1.54, 1.807) is 24.5 Å². The van der Waals surface area contributed by atoms with Crippen LogP contribution in [0.2, 0.25) is 0 Å². The Labute approximate surface area is 105 Å². The molecule has 2 heterocycles. The predicted molar refractivity (Wildman–Crippen MR) is 67.5 cm³/mol. The number of hydrogen-bond donors (Lipinski definition) is 1. The van der Waals surface area contributed by atoms with Crippen LogP contribution >= 0.6 is 11.3 Å². The zero-order valence-electron chi connectivity index (χ0n) is 10.0. The van der Waals surface area contributed by atoms with Crippen molar-refractivity contribution in [2.75, 3.05) is 18.1 Å². The van der Waals surface area contributed by atoms with Gasteiger partial charge in [-0.05, 0) is 26.2 Å². The van der Waals surface area contributed by atoms with E-state index >= 15 is 0 Å². The zero-order valence-corrected chi connectivity index (χ0v) is 10.8. The second kappa shape index (κ2) is 4.55. The molecule has 0 amide bonds. The smallest absolute Gasteiger partial charge is 0.186 e. The fourth-order valence-corrected chi connectivity index (χ4v) is 3.70.